The van der Waals surface area contributed by atoms with E-state index in [1.807, 2.05) is 0 Å². The Balaban J connectivity index is 2.47. The highest BCUT2D eigenvalue weighted by atomic mass is 32.2. The lowest BCUT2D eigenvalue weighted by Crippen LogP contribution is -2.17. The molecule has 0 bridgehead atoms. The summed E-state index contributed by atoms with van der Waals surface area (Å²) < 4.78 is 22.1. The number of H-pyrrole nitrogens is 1. The molecule has 1 N–H and O–H groups in total. The molecule has 1 aliphatic heterocycles. The number of hydrogen-bond donors (Lipinski definition) is 1. The van der Waals surface area contributed by atoms with Crippen LogP contribution < -0.4 is 0 Å². The van der Waals surface area contributed by atoms with E-state index in [2.05, 4.69) is 10.2 Å². The zero-order valence-corrected chi connectivity index (χ0v) is 6.69. The highest BCUT2D eigenvalue weighted by Crippen LogP contribution is 2.17. The SMILES string of the molecule is O=S1(=O)CCc2[nH]ncc2C1. The van der Waals surface area contributed by atoms with Crippen molar-refractivity contribution in [3.8, 4) is 0 Å². The van der Waals surface area contributed by atoms with Gasteiger partial charge in [0.25, 0.3) is 0 Å². The Morgan fingerprint density at radius 2 is 2.36 bits per heavy atom. The predicted molar refractivity (Wildman–Crippen MR) is 39.8 cm³/mol. The van der Waals surface area contributed by atoms with Crippen LogP contribution in [0.1, 0.15) is 11.3 Å². The second-order valence-corrected chi connectivity index (χ2v) is 4.90. The molecule has 1 aromatic heterocycles. The molecular formula is C6H8N2O2S. The van der Waals surface area contributed by atoms with E-state index in [9.17, 15) is 8.42 Å². The molecule has 2 rings (SSSR count). The Morgan fingerprint density at radius 3 is 3.18 bits per heavy atom. The van der Waals surface area contributed by atoms with Gasteiger partial charge in [-0.3, -0.25) is 5.10 Å². The molecule has 0 aromatic carbocycles. The summed E-state index contributed by atoms with van der Waals surface area (Å²) in [6.45, 7) is 0. The molecule has 0 atom stereocenters. The minimum absolute atomic E-state index is 0.152. The molecule has 4 nitrogen and oxygen atoms in total. The van der Waals surface area contributed by atoms with E-state index in [0.29, 0.717) is 6.42 Å². The highest BCUT2D eigenvalue weighted by molar-refractivity contribution is 7.90. The van der Waals surface area contributed by atoms with Crippen LogP contribution >= 0.6 is 0 Å². The summed E-state index contributed by atoms with van der Waals surface area (Å²) in [6.07, 6.45) is 2.17. The average Bonchev–Trinajstić information content (AvgIpc) is 2.31. The zero-order chi connectivity index (χ0) is 7.90. The van der Waals surface area contributed by atoms with Crippen molar-refractivity contribution < 1.29 is 8.42 Å². The van der Waals surface area contributed by atoms with Crippen molar-refractivity contribution in [2.75, 3.05) is 5.75 Å². The molecule has 0 unspecified atom stereocenters. The van der Waals surface area contributed by atoms with Gasteiger partial charge in [0, 0.05) is 17.7 Å². The van der Waals surface area contributed by atoms with E-state index in [0.717, 1.165) is 11.3 Å². The summed E-state index contributed by atoms with van der Waals surface area (Å²) in [4.78, 5) is 0. The van der Waals surface area contributed by atoms with Crippen LogP contribution in [-0.2, 0) is 22.0 Å². The van der Waals surface area contributed by atoms with Gasteiger partial charge >= 0.3 is 0 Å². The van der Waals surface area contributed by atoms with Gasteiger partial charge in [0.15, 0.2) is 9.84 Å². The van der Waals surface area contributed by atoms with Gasteiger partial charge in [-0.1, -0.05) is 0 Å². The summed E-state index contributed by atoms with van der Waals surface area (Å²) in [6, 6.07) is 0. The monoisotopic (exact) mass is 172 g/mol. The minimum atomic E-state index is -2.83. The van der Waals surface area contributed by atoms with E-state index >= 15 is 0 Å². The van der Waals surface area contributed by atoms with Crippen LogP contribution in [0.3, 0.4) is 0 Å². The van der Waals surface area contributed by atoms with Crippen molar-refractivity contribution in [3.63, 3.8) is 0 Å². The first-order valence-corrected chi connectivity index (χ1v) is 5.21. The Labute approximate surface area is 64.5 Å². The van der Waals surface area contributed by atoms with Crippen molar-refractivity contribution in [1.29, 1.82) is 0 Å². The van der Waals surface area contributed by atoms with Crippen molar-refractivity contribution in [2.24, 2.45) is 0 Å². The van der Waals surface area contributed by atoms with Crippen molar-refractivity contribution in [2.45, 2.75) is 12.2 Å². The van der Waals surface area contributed by atoms with Crippen molar-refractivity contribution in [1.82, 2.24) is 10.2 Å². The maximum absolute atomic E-state index is 11.1. The molecule has 0 amide bonds. The van der Waals surface area contributed by atoms with Gasteiger partial charge in [0.2, 0.25) is 0 Å². The maximum Gasteiger partial charge on any atom is 0.154 e. The quantitative estimate of drug-likeness (QED) is 0.593. The second kappa shape index (κ2) is 2.07. The van der Waals surface area contributed by atoms with Crippen LogP contribution in [0.4, 0.5) is 0 Å². The fraction of sp³-hybridized carbons (Fsp3) is 0.500. The Morgan fingerprint density at radius 1 is 1.55 bits per heavy atom. The van der Waals surface area contributed by atoms with Gasteiger partial charge in [0.1, 0.15) is 0 Å². The maximum atomic E-state index is 11.1. The van der Waals surface area contributed by atoms with Gasteiger partial charge in [0.05, 0.1) is 17.7 Å². The summed E-state index contributed by atoms with van der Waals surface area (Å²) in [5.41, 5.74) is 1.80. The van der Waals surface area contributed by atoms with E-state index in [4.69, 9.17) is 0 Å². The number of fused-ring (bicyclic) bond motifs is 1. The van der Waals surface area contributed by atoms with E-state index < -0.39 is 9.84 Å². The summed E-state index contributed by atoms with van der Waals surface area (Å²) >= 11 is 0. The number of hydrogen-bond acceptors (Lipinski definition) is 3. The number of nitrogens with zero attached hydrogens (tertiary/aromatic N) is 1. The van der Waals surface area contributed by atoms with Crippen LogP contribution in [0.25, 0.3) is 0 Å². The first-order valence-electron chi connectivity index (χ1n) is 3.39. The van der Waals surface area contributed by atoms with E-state index in [1.54, 1.807) is 6.20 Å². The molecule has 60 valence electrons. The Kier molecular flexibility index (Phi) is 1.29. The van der Waals surface area contributed by atoms with E-state index in [-0.39, 0.29) is 11.5 Å². The predicted octanol–water partition coefficient (Wildman–Crippen LogP) is -0.119. The first-order chi connectivity index (χ1) is 5.17. The van der Waals surface area contributed by atoms with Crippen LogP contribution in [0, 0.1) is 0 Å². The number of aromatic nitrogens is 2. The largest absolute Gasteiger partial charge is 0.282 e. The summed E-state index contributed by atoms with van der Waals surface area (Å²) in [5.74, 6) is 0.404. The van der Waals surface area contributed by atoms with Crippen molar-refractivity contribution in [3.05, 3.63) is 17.5 Å². The third-order valence-corrected chi connectivity index (χ3v) is 3.42. The lowest BCUT2D eigenvalue weighted by molar-refractivity contribution is 0.591. The topological polar surface area (TPSA) is 62.8 Å². The van der Waals surface area contributed by atoms with Gasteiger partial charge < -0.3 is 0 Å². The number of nitrogens with one attached hydrogen (secondary N) is 1. The van der Waals surface area contributed by atoms with Crippen LogP contribution in [0.2, 0.25) is 0 Å². The fourth-order valence-corrected chi connectivity index (χ4v) is 2.63. The molecule has 0 saturated carbocycles. The fourth-order valence-electron chi connectivity index (χ4n) is 1.25. The second-order valence-electron chi connectivity index (χ2n) is 2.72. The molecule has 0 saturated heterocycles. The molecule has 5 heteroatoms. The molecule has 0 radical (unpaired) electrons. The number of aryl methyl sites for hydroxylation is 1. The molecule has 0 spiro atoms. The van der Waals surface area contributed by atoms with Crippen LogP contribution in [0.15, 0.2) is 6.20 Å². The van der Waals surface area contributed by atoms with Gasteiger partial charge in [-0.05, 0) is 0 Å². The van der Waals surface area contributed by atoms with Crippen molar-refractivity contribution >= 4 is 9.84 Å². The average molecular weight is 172 g/mol. The summed E-state index contributed by atoms with van der Waals surface area (Å²) in [5, 5.41) is 6.56. The molecular weight excluding hydrogens is 164 g/mol. The highest BCUT2D eigenvalue weighted by Gasteiger charge is 2.21. The molecule has 11 heavy (non-hydrogen) atoms. The molecule has 1 aromatic rings. The first kappa shape index (κ1) is 6.84. The number of rotatable bonds is 0. The summed E-state index contributed by atoms with van der Waals surface area (Å²) in [7, 11) is -2.83. The third-order valence-electron chi connectivity index (χ3n) is 1.85. The van der Waals surface area contributed by atoms with Gasteiger partial charge in [-0.15, -0.1) is 0 Å². The zero-order valence-electron chi connectivity index (χ0n) is 5.87. The van der Waals surface area contributed by atoms with Gasteiger partial charge in [-0.2, -0.15) is 5.10 Å². The molecule has 0 aliphatic carbocycles. The number of sulfone groups is 1. The molecule has 1 aliphatic rings. The lowest BCUT2D eigenvalue weighted by atomic mass is 10.2. The van der Waals surface area contributed by atoms with Crippen LogP contribution in [0.5, 0.6) is 0 Å². The van der Waals surface area contributed by atoms with E-state index in [1.165, 1.54) is 0 Å². The van der Waals surface area contributed by atoms with Gasteiger partial charge in [-0.25, -0.2) is 8.42 Å². The smallest absolute Gasteiger partial charge is 0.154 e. The number of aromatic amines is 1. The van der Waals surface area contributed by atoms with Crippen LogP contribution in [-0.4, -0.2) is 24.4 Å². The Hall–Kier alpha value is -0.840. The normalized spacial score (nSPS) is 21.1. The molecule has 0 fully saturated rings. The Bertz CT molecular complexity index is 366. The third kappa shape index (κ3) is 1.16. The standard InChI is InChI=1S/C6H8N2O2S/c9-11(10)2-1-6-5(4-11)3-7-8-6/h3H,1-2,4H2,(H,7,8). The molecule has 2 heterocycles. The lowest BCUT2D eigenvalue weighted by Gasteiger charge is -2.09. The minimum Gasteiger partial charge on any atom is -0.282 e.